The first-order valence-corrected chi connectivity index (χ1v) is 7.85. The Labute approximate surface area is 146 Å². The summed E-state index contributed by atoms with van der Waals surface area (Å²) in [5.74, 6) is -13.0. The summed E-state index contributed by atoms with van der Waals surface area (Å²) in [5.41, 5.74) is 0.999. The van der Waals surface area contributed by atoms with E-state index in [1.807, 2.05) is 0 Å². The van der Waals surface area contributed by atoms with Gasteiger partial charge in [0.15, 0.2) is 0 Å². The van der Waals surface area contributed by atoms with Crippen molar-refractivity contribution in [2.45, 2.75) is 32.6 Å². The quantitative estimate of drug-likeness (QED) is 0.163. The molecule has 26 heavy (non-hydrogen) atoms. The van der Waals surface area contributed by atoms with Gasteiger partial charge in [-0.1, -0.05) is 31.9 Å². The minimum Gasteiger partial charge on any atom is -0.395 e. The van der Waals surface area contributed by atoms with Crippen LogP contribution in [0.15, 0.2) is 24.3 Å². The molecule has 3 nitrogen and oxygen atoms in total. The van der Waals surface area contributed by atoms with Crippen LogP contribution in [0, 0.1) is 29.1 Å². The Balaban J connectivity index is 2.05. The molecule has 0 fully saturated rings. The first-order chi connectivity index (χ1) is 12.3. The number of hydrogen-bond donors (Lipinski definition) is 0. The third-order valence-electron chi connectivity index (χ3n) is 3.55. The summed E-state index contributed by atoms with van der Waals surface area (Å²) in [6.07, 6.45) is 2.35. The number of halogens is 5. The highest BCUT2D eigenvalue weighted by Crippen LogP contribution is 2.29. The Kier molecular flexibility index (Phi) is 6.54. The minimum atomic E-state index is -2.35. The van der Waals surface area contributed by atoms with Crippen LogP contribution >= 0.6 is 0 Å². The van der Waals surface area contributed by atoms with Gasteiger partial charge < -0.3 is 9.47 Å². The van der Waals surface area contributed by atoms with Crippen LogP contribution in [0.1, 0.15) is 31.7 Å². The molecule has 0 amide bonds. The Morgan fingerprint density at radius 3 is 1.88 bits per heavy atom. The second kappa shape index (κ2) is 8.64. The average Bonchev–Trinajstić information content (AvgIpc) is 2.63. The number of carbonyl (C=O) groups is 1. The van der Waals surface area contributed by atoms with Crippen molar-refractivity contribution in [3.05, 3.63) is 58.9 Å². The fraction of sp³-hybridized carbons (Fsp3) is 0.278. The lowest BCUT2D eigenvalue weighted by molar-refractivity contribution is 0.146. The van der Waals surface area contributed by atoms with E-state index >= 15 is 0 Å². The van der Waals surface area contributed by atoms with Crippen molar-refractivity contribution in [1.29, 1.82) is 0 Å². The smallest absolute Gasteiger partial charge is 0.395 e. The highest BCUT2D eigenvalue weighted by molar-refractivity contribution is 5.67. The second-order valence-corrected chi connectivity index (χ2v) is 5.45. The van der Waals surface area contributed by atoms with E-state index in [-0.39, 0.29) is 5.75 Å². The summed E-state index contributed by atoms with van der Waals surface area (Å²) in [6.45, 7) is 2.08. The number of aryl methyl sites for hydroxylation is 1. The average molecular weight is 374 g/mol. The molecule has 140 valence electrons. The molecular formula is C18H15F5O3. The van der Waals surface area contributed by atoms with Gasteiger partial charge >= 0.3 is 6.16 Å². The predicted molar refractivity (Wildman–Crippen MR) is 82.6 cm³/mol. The van der Waals surface area contributed by atoms with Crippen LogP contribution in [0.2, 0.25) is 0 Å². The molecule has 2 aromatic carbocycles. The van der Waals surface area contributed by atoms with Crippen LogP contribution in [0.3, 0.4) is 0 Å². The molecule has 8 heteroatoms. The normalized spacial score (nSPS) is 10.7. The lowest BCUT2D eigenvalue weighted by Crippen LogP contribution is -2.17. The van der Waals surface area contributed by atoms with Crippen molar-refractivity contribution in [2.24, 2.45) is 0 Å². The zero-order valence-electron chi connectivity index (χ0n) is 13.8. The van der Waals surface area contributed by atoms with Crippen molar-refractivity contribution in [1.82, 2.24) is 0 Å². The Hall–Kier alpha value is -2.64. The van der Waals surface area contributed by atoms with E-state index < -0.39 is 41.0 Å². The maximum atomic E-state index is 13.4. The van der Waals surface area contributed by atoms with Gasteiger partial charge in [0.1, 0.15) is 5.75 Å². The number of benzene rings is 2. The van der Waals surface area contributed by atoms with E-state index in [1.165, 1.54) is 12.1 Å². The Bertz CT molecular complexity index is 761. The Morgan fingerprint density at radius 2 is 1.35 bits per heavy atom. The minimum absolute atomic E-state index is 0.00175. The van der Waals surface area contributed by atoms with Gasteiger partial charge in [-0.25, -0.2) is 18.0 Å². The summed E-state index contributed by atoms with van der Waals surface area (Å²) < 4.78 is 74.8. The lowest BCUT2D eigenvalue weighted by atomic mass is 10.1. The van der Waals surface area contributed by atoms with Crippen LogP contribution in [-0.4, -0.2) is 6.16 Å². The van der Waals surface area contributed by atoms with E-state index in [0.717, 1.165) is 31.2 Å². The molecule has 2 rings (SSSR count). The van der Waals surface area contributed by atoms with E-state index in [1.54, 1.807) is 12.1 Å². The highest BCUT2D eigenvalue weighted by Gasteiger charge is 2.29. The van der Waals surface area contributed by atoms with Crippen LogP contribution in [0.5, 0.6) is 11.5 Å². The molecule has 0 aromatic heterocycles. The first-order valence-electron chi connectivity index (χ1n) is 7.85. The largest absolute Gasteiger partial charge is 0.519 e. The zero-order chi connectivity index (χ0) is 19.3. The Morgan fingerprint density at radius 1 is 0.808 bits per heavy atom. The molecule has 0 bridgehead atoms. The summed E-state index contributed by atoms with van der Waals surface area (Å²) in [4.78, 5) is 11.6. The third kappa shape index (κ3) is 4.50. The maximum absolute atomic E-state index is 13.4. The van der Waals surface area contributed by atoms with Gasteiger partial charge in [0.05, 0.1) is 0 Å². The van der Waals surface area contributed by atoms with Gasteiger partial charge in [-0.3, -0.25) is 0 Å². The van der Waals surface area contributed by atoms with E-state index in [9.17, 15) is 26.7 Å². The molecule has 0 aliphatic heterocycles. The fourth-order valence-corrected chi connectivity index (χ4v) is 2.18. The monoisotopic (exact) mass is 374 g/mol. The molecule has 0 atom stereocenters. The number of unbranched alkanes of at least 4 members (excludes halogenated alkanes) is 2. The van der Waals surface area contributed by atoms with Gasteiger partial charge in [-0.15, -0.1) is 0 Å². The maximum Gasteiger partial charge on any atom is 0.519 e. The number of carbonyl (C=O) groups excluding carboxylic acids is 1. The molecule has 0 spiro atoms. The molecule has 0 heterocycles. The van der Waals surface area contributed by atoms with E-state index in [2.05, 4.69) is 16.4 Å². The SMILES string of the molecule is CCCCCc1ccc(OC(=O)Oc2c(F)c(F)c(F)c(F)c2F)cc1. The molecule has 0 aliphatic rings. The molecule has 0 saturated carbocycles. The molecule has 0 N–H and O–H groups in total. The van der Waals surface area contributed by atoms with Crippen LogP contribution in [-0.2, 0) is 6.42 Å². The van der Waals surface area contributed by atoms with E-state index in [4.69, 9.17) is 0 Å². The van der Waals surface area contributed by atoms with Crippen LogP contribution in [0.25, 0.3) is 0 Å². The van der Waals surface area contributed by atoms with Crippen LogP contribution < -0.4 is 9.47 Å². The predicted octanol–water partition coefficient (Wildman–Crippen LogP) is 5.69. The molecule has 0 aliphatic carbocycles. The van der Waals surface area contributed by atoms with Crippen molar-refractivity contribution >= 4 is 6.16 Å². The summed E-state index contributed by atoms with van der Waals surface area (Å²) >= 11 is 0. The van der Waals surface area contributed by atoms with Gasteiger partial charge in [0, 0.05) is 0 Å². The zero-order valence-corrected chi connectivity index (χ0v) is 13.8. The number of ether oxygens (including phenoxy) is 2. The van der Waals surface area contributed by atoms with Crippen molar-refractivity contribution < 1.29 is 36.2 Å². The lowest BCUT2D eigenvalue weighted by Gasteiger charge is -2.09. The summed E-state index contributed by atoms with van der Waals surface area (Å²) in [5, 5.41) is 0. The van der Waals surface area contributed by atoms with Gasteiger partial charge in [0.25, 0.3) is 0 Å². The highest BCUT2D eigenvalue weighted by atomic mass is 19.2. The second-order valence-electron chi connectivity index (χ2n) is 5.45. The van der Waals surface area contributed by atoms with Gasteiger partial charge in [0.2, 0.25) is 34.8 Å². The summed E-state index contributed by atoms with van der Waals surface area (Å²) in [6, 6.07) is 6.25. The topological polar surface area (TPSA) is 35.5 Å². The molecule has 0 saturated heterocycles. The summed E-state index contributed by atoms with van der Waals surface area (Å²) in [7, 11) is 0. The standard InChI is InChI=1S/C18H15F5O3/c1-2-3-4-5-10-6-8-11(9-7-10)25-18(24)26-17-15(22)13(20)12(19)14(21)16(17)23/h6-9H,2-5H2,1H3. The fourth-order valence-electron chi connectivity index (χ4n) is 2.18. The van der Waals surface area contributed by atoms with Gasteiger partial charge in [-0.2, -0.15) is 8.78 Å². The number of rotatable bonds is 6. The van der Waals surface area contributed by atoms with Crippen molar-refractivity contribution in [3.8, 4) is 11.5 Å². The third-order valence-corrected chi connectivity index (χ3v) is 3.55. The van der Waals surface area contributed by atoms with Gasteiger partial charge in [-0.05, 0) is 30.5 Å². The van der Waals surface area contributed by atoms with E-state index in [0.29, 0.717) is 0 Å². The molecule has 0 unspecified atom stereocenters. The molecular weight excluding hydrogens is 359 g/mol. The van der Waals surface area contributed by atoms with Crippen LogP contribution in [0.4, 0.5) is 26.7 Å². The van der Waals surface area contributed by atoms with Crippen molar-refractivity contribution in [2.75, 3.05) is 0 Å². The number of hydrogen-bond acceptors (Lipinski definition) is 3. The molecule has 0 radical (unpaired) electrons. The first kappa shape index (κ1) is 19.7. The molecule has 2 aromatic rings. The van der Waals surface area contributed by atoms with Crippen molar-refractivity contribution in [3.63, 3.8) is 0 Å².